The number of aliphatic carboxylic acids is 1. The summed E-state index contributed by atoms with van der Waals surface area (Å²) in [5.41, 5.74) is 2.47. The number of piperazine rings is 1. The molecule has 3 rings (SSSR count). The highest BCUT2D eigenvalue weighted by atomic mass is 32.2. The van der Waals surface area contributed by atoms with E-state index in [1.165, 1.54) is 42.7 Å². The minimum absolute atomic E-state index is 0.0560. The number of carboxylic acid groups (broad SMARTS) is 1. The molecule has 0 radical (unpaired) electrons. The van der Waals surface area contributed by atoms with Crippen LogP contribution in [0, 0.1) is 0 Å². The first-order chi connectivity index (χ1) is 17.9. The Morgan fingerprint density at radius 3 is 2.37 bits per heavy atom. The highest BCUT2D eigenvalue weighted by molar-refractivity contribution is 7.89. The number of carboxylic acids is 1. The summed E-state index contributed by atoms with van der Waals surface area (Å²) in [7, 11) is -2.74. The Labute approximate surface area is 223 Å². The molecule has 2 amide bonds. The first-order valence-corrected chi connectivity index (χ1v) is 13.9. The van der Waals surface area contributed by atoms with Crippen LogP contribution >= 0.6 is 0 Å². The standard InChI is InChI=1S/C27H35N3O7S/c1-18(2)21-7-5-20(6-8-21)16-28-27(34)24-17-29(19(3)31)13-14-30(24)38(35,36)23-10-11-25(37-4)22(15-23)9-12-26(32)33/h5-8,10-11,15,18,24H,9,12-14,16-17H2,1-4H3,(H,28,34)(H,32,33)/t24-/m1/s1. The van der Waals surface area contributed by atoms with Crippen LogP contribution in [0.2, 0.25) is 0 Å². The summed E-state index contributed by atoms with van der Waals surface area (Å²) >= 11 is 0. The van der Waals surface area contributed by atoms with E-state index in [2.05, 4.69) is 19.2 Å². The van der Waals surface area contributed by atoms with Crippen molar-refractivity contribution in [1.29, 1.82) is 0 Å². The van der Waals surface area contributed by atoms with E-state index < -0.39 is 27.9 Å². The SMILES string of the molecule is COc1ccc(S(=O)(=O)N2CCN(C(C)=O)C[C@@H]2C(=O)NCc2ccc(C(C)C)cc2)cc1CCC(=O)O. The van der Waals surface area contributed by atoms with Crippen LogP contribution in [0.25, 0.3) is 0 Å². The third-order valence-electron chi connectivity index (χ3n) is 6.66. The first-order valence-electron chi connectivity index (χ1n) is 12.5. The molecule has 0 saturated carbocycles. The van der Waals surface area contributed by atoms with Gasteiger partial charge in [0, 0.05) is 39.5 Å². The smallest absolute Gasteiger partial charge is 0.303 e. The van der Waals surface area contributed by atoms with E-state index >= 15 is 0 Å². The van der Waals surface area contributed by atoms with Crippen LogP contribution in [0.1, 0.15) is 49.8 Å². The molecule has 38 heavy (non-hydrogen) atoms. The molecule has 1 aliphatic heterocycles. The monoisotopic (exact) mass is 545 g/mol. The number of carbonyl (C=O) groups excluding carboxylic acids is 2. The maximum absolute atomic E-state index is 13.7. The van der Waals surface area contributed by atoms with Gasteiger partial charge in [0.1, 0.15) is 11.8 Å². The lowest BCUT2D eigenvalue weighted by molar-refractivity contribution is -0.137. The number of sulfonamides is 1. The highest BCUT2D eigenvalue weighted by Gasteiger charge is 2.41. The normalized spacial score (nSPS) is 16.3. The van der Waals surface area contributed by atoms with Crippen molar-refractivity contribution in [3.63, 3.8) is 0 Å². The summed E-state index contributed by atoms with van der Waals surface area (Å²) in [6, 6.07) is 10.9. The summed E-state index contributed by atoms with van der Waals surface area (Å²) in [5.74, 6) is -1.02. The van der Waals surface area contributed by atoms with E-state index in [1.54, 1.807) is 0 Å². The zero-order valence-corrected chi connectivity index (χ0v) is 23.0. The van der Waals surface area contributed by atoms with Gasteiger partial charge in [0.2, 0.25) is 21.8 Å². The Morgan fingerprint density at radius 2 is 1.79 bits per heavy atom. The highest BCUT2D eigenvalue weighted by Crippen LogP contribution is 2.28. The van der Waals surface area contributed by atoms with Gasteiger partial charge in [-0.3, -0.25) is 14.4 Å². The van der Waals surface area contributed by atoms with Gasteiger partial charge < -0.3 is 20.1 Å². The molecule has 1 atom stereocenters. The summed E-state index contributed by atoms with van der Waals surface area (Å²) in [6.07, 6.45) is -0.111. The van der Waals surface area contributed by atoms with E-state index in [1.807, 2.05) is 24.3 Å². The molecule has 0 aliphatic carbocycles. The number of hydrogen-bond donors (Lipinski definition) is 2. The molecule has 2 N–H and O–H groups in total. The number of benzene rings is 2. The maximum atomic E-state index is 13.7. The van der Waals surface area contributed by atoms with Gasteiger partial charge in [-0.25, -0.2) is 8.42 Å². The van der Waals surface area contributed by atoms with E-state index in [9.17, 15) is 22.8 Å². The van der Waals surface area contributed by atoms with Crippen molar-refractivity contribution in [2.75, 3.05) is 26.7 Å². The minimum Gasteiger partial charge on any atom is -0.496 e. The van der Waals surface area contributed by atoms with Crippen molar-refractivity contribution in [1.82, 2.24) is 14.5 Å². The summed E-state index contributed by atoms with van der Waals surface area (Å²) < 4.78 is 33.9. The van der Waals surface area contributed by atoms with Gasteiger partial charge in [-0.15, -0.1) is 0 Å². The maximum Gasteiger partial charge on any atom is 0.303 e. The van der Waals surface area contributed by atoms with Crippen LogP contribution < -0.4 is 10.1 Å². The largest absolute Gasteiger partial charge is 0.496 e. The third kappa shape index (κ3) is 6.90. The molecule has 1 saturated heterocycles. The fourth-order valence-corrected chi connectivity index (χ4v) is 5.99. The molecule has 11 heteroatoms. The molecule has 0 bridgehead atoms. The predicted octanol–water partition coefficient (Wildman–Crippen LogP) is 2.37. The van der Waals surface area contributed by atoms with Crippen LogP contribution in [0.3, 0.4) is 0 Å². The van der Waals surface area contributed by atoms with Gasteiger partial charge in [0.15, 0.2) is 0 Å². The number of methoxy groups -OCH3 is 1. The first kappa shape index (κ1) is 29.1. The molecule has 0 spiro atoms. The number of nitrogens with zero attached hydrogens (tertiary/aromatic N) is 2. The molecule has 1 fully saturated rings. The van der Waals surface area contributed by atoms with Crippen LogP contribution in [-0.2, 0) is 37.4 Å². The van der Waals surface area contributed by atoms with E-state index in [4.69, 9.17) is 9.84 Å². The number of amides is 2. The number of rotatable bonds is 10. The van der Waals surface area contributed by atoms with Crippen LogP contribution in [0.15, 0.2) is 47.4 Å². The number of aryl methyl sites for hydroxylation is 1. The van der Waals surface area contributed by atoms with Gasteiger partial charge in [-0.05, 0) is 47.2 Å². The second-order valence-electron chi connectivity index (χ2n) is 9.58. The average molecular weight is 546 g/mol. The molecule has 206 valence electrons. The fraction of sp³-hybridized carbons (Fsp3) is 0.444. The van der Waals surface area contributed by atoms with Gasteiger partial charge in [0.25, 0.3) is 0 Å². The van der Waals surface area contributed by atoms with Gasteiger partial charge in [-0.2, -0.15) is 4.31 Å². The summed E-state index contributed by atoms with van der Waals surface area (Å²) in [4.78, 5) is 37.8. The quantitative estimate of drug-likeness (QED) is 0.468. The number of ether oxygens (including phenoxy) is 1. The van der Waals surface area contributed by atoms with Crippen molar-refractivity contribution >= 4 is 27.8 Å². The molecular weight excluding hydrogens is 510 g/mol. The lowest BCUT2D eigenvalue weighted by Gasteiger charge is -2.39. The summed E-state index contributed by atoms with van der Waals surface area (Å²) in [6.45, 7) is 5.80. The second kappa shape index (κ2) is 12.4. The average Bonchev–Trinajstić information content (AvgIpc) is 2.90. The molecule has 0 aromatic heterocycles. The zero-order valence-electron chi connectivity index (χ0n) is 22.1. The van der Waals surface area contributed by atoms with E-state index in [-0.39, 0.29) is 49.8 Å². The van der Waals surface area contributed by atoms with Crippen LogP contribution in [0.5, 0.6) is 5.75 Å². The molecule has 2 aromatic rings. The van der Waals surface area contributed by atoms with Crippen LogP contribution in [-0.4, -0.2) is 73.3 Å². The lowest BCUT2D eigenvalue weighted by atomic mass is 10.0. The number of carbonyl (C=O) groups is 3. The van der Waals surface area contributed by atoms with Crippen molar-refractivity contribution in [3.8, 4) is 5.75 Å². The Morgan fingerprint density at radius 1 is 1.11 bits per heavy atom. The Balaban J connectivity index is 1.86. The number of hydrogen-bond acceptors (Lipinski definition) is 6. The van der Waals surface area contributed by atoms with E-state index in [0.717, 1.165) is 9.87 Å². The van der Waals surface area contributed by atoms with Crippen LogP contribution in [0.4, 0.5) is 0 Å². The zero-order chi connectivity index (χ0) is 28.0. The lowest BCUT2D eigenvalue weighted by Crippen LogP contribution is -2.61. The van der Waals surface area contributed by atoms with Gasteiger partial charge >= 0.3 is 5.97 Å². The van der Waals surface area contributed by atoms with Gasteiger partial charge in [-0.1, -0.05) is 38.1 Å². The fourth-order valence-electron chi connectivity index (χ4n) is 4.37. The molecule has 10 nitrogen and oxygen atoms in total. The predicted molar refractivity (Wildman–Crippen MR) is 141 cm³/mol. The topological polar surface area (TPSA) is 133 Å². The molecule has 1 aliphatic rings. The molecule has 0 unspecified atom stereocenters. The molecule has 2 aromatic carbocycles. The Bertz CT molecular complexity index is 1280. The van der Waals surface area contributed by atoms with Crippen molar-refractivity contribution in [2.24, 2.45) is 0 Å². The molecule has 1 heterocycles. The molecular formula is C27H35N3O7S. The van der Waals surface area contributed by atoms with Crippen molar-refractivity contribution < 1.29 is 32.6 Å². The third-order valence-corrected chi connectivity index (χ3v) is 8.56. The van der Waals surface area contributed by atoms with Crippen molar-refractivity contribution in [2.45, 2.75) is 57.0 Å². The second-order valence-corrected chi connectivity index (χ2v) is 11.5. The van der Waals surface area contributed by atoms with Gasteiger partial charge in [0.05, 0.1) is 12.0 Å². The number of nitrogens with one attached hydrogen (secondary N) is 1. The Kier molecular flexibility index (Phi) is 9.50. The van der Waals surface area contributed by atoms with Crippen molar-refractivity contribution in [3.05, 3.63) is 59.2 Å². The summed E-state index contributed by atoms with van der Waals surface area (Å²) in [5, 5.41) is 11.9. The van der Waals surface area contributed by atoms with E-state index in [0.29, 0.717) is 17.2 Å². The minimum atomic E-state index is -4.16. The Hall–Kier alpha value is -3.44.